The second-order valence-corrected chi connectivity index (χ2v) is 6.82. The molecule has 2 heterocycles. The van der Waals surface area contributed by atoms with E-state index in [-0.39, 0.29) is 17.5 Å². The van der Waals surface area contributed by atoms with E-state index < -0.39 is 0 Å². The molecule has 0 aliphatic carbocycles. The lowest BCUT2D eigenvalue weighted by molar-refractivity contribution is -0.123. The van der Waals surface area contributed by atoms with Gasteiger partial charge in [0.1, 0.15) is 0 Å². The zero-order chi connectivity index (χ0) is 15.0. The molecule has 3 rings (SSSR count). The first-order valence-electron chi connectivity index (χ1n) is 7.58. The Morgan fingerprint density at radius 2 is 2.10 bits per heavy atom. The van der Waals surface area contributed by atoms with Gasteiger partial charge in [0.25, 0.3) is 0 Å². The maximum absolute atomic E-state index is 12.2. The summed E-state index contributed by atoms with van der Waals surface area (Å²) in [5.41, 5.74) is 3.51. The van der Waals surface area contributed by atoms with Gasteiger partial charge in [-0.3, -0.25) is 4.79 Å². The van der Waals surface area contributed by atoms with Gasteiger partial charge in [0.05, 0.1) is 6.04 Å². The molecule has 1 aliphatic rings. The number of rotatable bonds is 2. The molecule has 1 aliphatic heterocycles. The lowest BCUT2D eigenvalue weighted by Crippen LogP contribution is -2.43. The van der Waals surface area contributed by atoms with Crippen LogP contribution in [0.25, 0.3) is 10.9 Å². The fourth-order valence-electron chi connectivity index (χ4n) is 3.09. The van der Waals surface area contributed by atoms with Gasteiger partial charge >= 0.3 is 0 Å². The van der Waals surface area contributed by atoms with Gasteiger partial charge in [-0.05, 0) is 45.4 Å². The number of para-hydroxylation sites is 1. The first kappa shape index (κ1) is 14.1. The Balaban J connectivity index is 1.85. The molecule has 1 unspecified atom stereocenters. The molecule has 112 valence electrons. The van der Waals surface area contributed by atoms with Gasteiger partial charge in [0.15, 0.2) is 0 Å². The third kappa shape index (κ3) is 2.95. The van der Waals surface area contributed by atoms with Crippen molar-refractivity contribution < 1.29 is 4.79 Å². The minimum atomic E-state index is -0.185. The Morgan fingerprint density at radius 3 is 2.86 bits per heavy atom. The normalized spacial score (nSPS) is 18.5. The molecule has 0 fully saturated rings. The summed E-state index contributed by atoms with van der Waals surface area (Å²) in [7, 11) is 0. The second kappa shape index (κ2) is 5.19. The van der Waals surface area contributed by atoms with Crippen molar-refractivity contribution in [1.82, 2.24) is 15.6 Å². The van der Waals surface area contributed by atoms with Crippen molar-refractivity contribution in [3.63, 3.8) is 0 Å². The molecular weight excluding hydrogens is 262 g/mol. The summed E-state index contributed by atoms with van der Waals surface area (Å²) in [6, 6.07) is 8.43. The standard InChI is InChI=1S/C17H23N3O/c1-17(2,3)20-15(21)10-14-16-12(8-9-18-14)11-6-4-5-7-13(11)19-16/h4-7,14,18-19H,8-10H2,1-3H3,(H,20,21). The lowest BCUT2D eigenvalue weighted by atomic mass is 9.97. The largest absolute Gasteiger partial charge is 0.357 e. The average Bonchev–Trinajstić information content (AvgIpc) is 2.76. The molecular formula is C17H23N3O. The SMILES string of the molecule is CC(C)(C)NC(=O)CC1NCCc2c1[nH]c1ccccc21. The highest BCUT2D eigenvalue weighted by atomic mass is 16.1. The number of carbonyl (C=O) groups is 1. The van der Waals surface area contributed by atoms with E-state index in [0.29, 0.717) is 6.42 Å². The van der Waals surface area contributed by atoms with Crippen molar-refractivity contribution in [3.8, 4) is 0 Å². The number of fused-ring (bicyclic) bond motifs is 3. The summed E-state index contributed by atoms with van der Waals surface area (Å²) >= 11 is 0. The average molecular weight is 285 g/mol. The van der Waals surface area contributed by atoms with Gasteiger partial charge in [0.2, 0.25) is 5.91 Å². The van der Waals surface area contributed by atoms with Crippen LogP contribution in [0.15, 0.2) is 24.3 Å². The van der Waals surface area contributed by atoms with E-state index in [1.165, 1.54) is 16.6 Å². The van der Waals surface area contributed by atoms with Crippen molar-refractivity contribution in [1.29, 1.82) is 0 Å². The van der Waals surface area contributed by atoms with Gasteiger partial charge in [-0.2, -0.15) is 0 Å². The highest BCUT2D eigenvalue weighted by Crippen LogP contribution is 2.31. The summed E-state index contributed by atoms with van der Waals surface area (Å²) < 4.78 is 0. The Labute approximate surface area is 125 Å². The number of benzene rings is 1. The van der Waals surface area contributed by atoms with E-state index in [0.717, 1.165) is 18.5 Å². The van der Waals surface area contributed by atoms with Gasteiger partial charge in [-0.25, -0.2) is 0 Å². The van der Waals surface area contributed by atoms with Crippen LogP contribution >= 0.6 is 0 Å². The van der Waals surface area contributed by atoms with Gasteiger partial charge in [0, 0.05) is 28.6 Å². The number of hydrogen-bond acceptors (Lipinski definition) is 2. The minimum absolute atomic E-state index is 0.0727. The van der Waals surface area contributed by atoms with Crippen molar-refractivity contribution in [3.05, 3.63) is 35.5 Å². The molecule has 1 aromatic carbocycles. The van der Waals surface area contributed by atoms with E-state index in [2.05, 4.69) is 33.8 Å². The molecule has 0 spiro atoms. The van der Waals surface area contributed by atoms with E-state index in [1.54, 1.807) is 0 Å². The predicted octanol–water partition coefficient (Wildman–Crippen LogP) is 2.66. The van der Waals surface area contributed by atoms with Gasteiger partial charge in [-0.15, -0.1) is 0 Å². The number of hydrogen-bond donors (Lipinski definition) is 3. The molecule has 1 aromatic heterocycles. The number of aromatic amines is 1. The molecule has 0 saturated heterocycles. The molecule has 2 aromatic rings. The first-order chi connectivity index (χ1) is 9.94. The van der Waals surface area contributed by atoms with Gasteiger partial charge in [-0.1, -0.05) is 18.2 Å². The molecule has 1 amide bonds. The molecule has 3 N–H and O–H groups in total. The fraction of sp³-hybridized carbons (Fsp3) is 0.471. The summed E-state index contributed by atoms with van der Waals surface area (Å²) in [4.78, 5) is 15.7. The number of aromatic nitrogens is 1. The van der Waals surface area contributed by atoms with E-state index in [1.807, 2.05) is 26.8 Å². The van der Waals surface area contributed by atoms with Crippen LogP contribution in [0, 0.1) is 0 Å². The number of carbonyl (C=O) groups excluding carboxylic acids is 1. The smallest absolute Gasteiger partial charge is 0.222 e. The van der Waals surface area contributed by atoms with Gasteiger partial charge < -0.3 is 15.6 Å². The van der Waals surface area contributed by atoms with Crippen molar-refractivity contribution in [2.24, 2.45) is 0 Å². The monoisotopic (exact) mass is 285 g/mol. The Morgan fingerprint density at radius 1 is 1.33 bits per heavy atom. The molecule has 1 atom stereocenters. The van der Waals surface area contributed by atoms with Crippen LogP contribution in [0.5, 0.6) is 0 Å². The Hall–Kier alpha value is -1.81. The predicted molar refractivity (Wildman–Crippen MR) is 85.3 cm³/mol. The number of H-pyrrole nitrogens is 1. The third-order valence-electron chi connectivity index (χ3n) is 3.86. The maximum Gasteiger partial charge on any atom is 0.222 e. The summed E-state index contributed by atoms with van der Waals surface area (Å²) in [6.45, 7) is 6.94. The highest BCUT2D eigenvalue weighted by Gasteiger charge is 2.26. The minimum Gasteiger partial charge on any atom is -0.357 e. The van der Waals surface area contributed by atoms with Crippen LogP contribution < -0.4 is 10.6 Å². The van der Waals surface area contributed by atoms with Crippen LogP contribution in [-0.2, 0) is 11.2 Å². The van der Waals surface area contributed by atoms with Crippen LogP contribution in [0.2, 0.25) is 0 Å². The Kier molecular flexibility index (Phi) is 3.49. The first-order valence-corrected chi connectivity index (χ1v) is 7.58. The van der Waals surface area contributed by atoms with Crippen LogP contribution in [0.3, 0.4) is 0 Å². The summed E-state index contributed by atoms with van der Waals surface area (Å²) in [5, 5.41) is 7.79. The van der Waals surface area contributed by atoms with E-state index in [9.17, 15) is 4.79 Å². The zero-order valence-electron chi connectivity index (χ0n) is 12.9. The molecule has 0 radical (unpaired) electrons. The number of nitrogens with one attached hydrogen (secondary N) is 3. The van der Waals surface area contributed by atoms with Crippen LogP contribution in [-0.4, -0.2) is 23.0 Å². The topological polar surface area (TPSA) is 56.9 Å². The molecule has 0 saturated carbocycles. The van der Waals surface area contributed by atoms with Crippen molar-refractivity contribution in [2.75, 3.05) is 6.54 Å². The number of amides is 1. The molecule has 4 nitrogen and oxygen atoms in total. The zero-order valence-corrected chi connectivity index (χ0v) is 12.9. The highest BCUT2D eigenvalue weighted by molar-refractivity contribution is 5.85. The van der Waals surface area contributed by atoms with E-state index in [4.69, 9.17) is 0 Å². The third-order valence-corrected chi connectivity index (χ3v) is 3.86. The lowest BCUT2D eigenvalue weighted by Gasteiger charge is -2.26. The maximum atomic E-state index is 12.2. The quantitative estimate of drug-likeness (QED) is 0.794. The second-order valence-electron chi connectivity index (χ2n) is 6.82. The van der Waals surface area contributed by atoms with Crippen LogP contribution in [0.1, 0.15) is 44.5 Å². The molecule has 21 heavy (non-hydrogen) atoms. The molecule has 4 heteroatoms. The fourth-order valence-corrected chi connectivity index (χ4v) is 3.09. The summed E-state index contributed by atoms with van der Waals surface area (Å²) in [6.07, 6.45) is 1.48. The summed E-state index contributed by atoms with van der Waals surface area (Å²) in [5.74, 6) is 0.0894. The Bertz CT molecular complexity index is 666. The van der Waals surface area contributed by atoms with Crippen molar-refractivity contribution in [2.45, 2.75) is 45.2 Å². The van der Waals surface area contributed by atoms with E-state index >= 15 is 0 Å². The molecule has 0 bridgehead atoms. The van der Waals surface area contributed by atoms with Crippen LogP contribution in [0.4, 0.5) is 0 Å². The van der Waals surface area contributed by atoms with Crippen molar-refractivity contribution >= 4 is 16.8 Å².